The predicted molar refractivity (Wildman–Crippen MR) is 38.6 cm³/mol. The van der Waals surface area contributed by atoms with E-state index in [-0.39, 0.29) is 0 Å². The molecular formula is C6H11N3. The third kappa shape index (κ3) is 1.52. The zero-order valence-corrected chi connectivity index (χ0v) is 6.05. The SMILES string of the molecule is CC1=NN(C)N=C(C)C1. The number of hydrogen-bond donors (Lipinski definition) is 0. The first-order valence-electron chi connectivity index (χ1n) is 3.00. The van der Waals surface area contributed by atoms with Crippen LogP contribution in [0.15, 0.2) is 10.2 Å². The second-order valence-corrected chi connectivity index (χ2v) is 2.34. The molecule has 0 N–H and O–H groups in total. The van der Waals surface area contributed by atoms with E-state index in [0.29, 0.717) is 0 Å². The maximum Gasteiger partial charge on any atom is 0.0495 e. The second kappa shape index (κ2) is 2.17. The van der Waals surface area contributed by atoms with E-state index >= 15 is 0 Å². The molecule has 1 heterocycles. The fourth-order valence-corrected chi connectivity index (χ4v) is 0.957. The Hall–Kier alpha value is -0.860. The van der Waals surface area contributed by atoms with Crippen molar-refractivity contribution in [2.24, 2.45) is 10.2 Å². The molecule has 0 saturated heterocycles. The molecule has 1 rings (SSSR count). The quantitative estimate of drug-likeness (QED) is 0.476. The van der Waals surface area contributed by atoms with Crippen LogP contribution in [0.4, 0.5) is 0 Å². The summed E-state index contributed by atoms with van der Waals surface area (Å²) in [5.41, 5.74) is 2.26. The lowest BCUT2D eigenvalue weighted by Gasteiger charge is -2.14. The van der Waals surface area contributed by atoms with E-state index in [1.807, 2.05) is 20.9 Å². The topological polar surface area (TPSA) is 28.0 Å². The normalized spacial score (nSPS) is 19.2. The van der Waals surface area contributed by atoms with Crippen molar-refractivity contribution in [2.45, 2.75) is 20.3 Å². The molecule has 50 valence electrons. The largest absolute Gasteiger partial charge is 0.188 e. The van der Waals surface area contributed by atoms with E-state index in [2.05, 4.69) is 10.2 Å². The van der Waals surface area contributed by atoms with Crippen molar-refractivity contribution in [3.8, 4) is 0 Å². The summed E-state index contributed by atoms with van der Waals surface area (Å²) in [6.07, 6.45) is 0.921. The summed E-state index contributed by atoms with van der Waals surface area (Å²) >= 11 is 0. The minimum Gasteiger partial charge on any atom is -0.188 e. The number of nitrogens with zero attached hydrogens (tertiary/aromatic N) is 3. The second-order valence-electron chi connectivity index (χ2n) is 2.34. The molecule has 0 aromatic heterocycles. The van der Waals surface area contributed by atoms with Crippen molar-refractivity contribution < 1.29 is 0 Å². The van der Waals surface area contributed by atoms with E-state index < -0.39 is 0 Å². The van der Waals surface area contributed by atoms with Crippen LogP contribution in [0.3, 0.4) is 0 Å². The zero-order valence-electron chi connectivity index (χ0n) is 6.05. The Morgan fingerprint density at radius 2 is 1.67 bits per heavy atom. The lowest BCUT2D eigenvalue weighted by Crippen LogP contribution is -2.16. The molecular weight excluding hydrogens is 114 g/mol. The molecule has 1 aliphatic heterocycles. The van der Waals surface area contributed by atoms with Gasteiger partial charge in [-0.25, -0.2) is 0 Å². The van der Waals surface area contributed by atoms with Gasteiger partial charge in [-0.1, -0.05) is 0 Å². The highest BCUT2D eigenvalue weighted by molar-refractivity contribution is 6.02. The third-order valence-corrected chi connectivity index (χ3v) is 1.14. The first-order chi connectivity index (χ1) is 4.18. The molecule has 0 aromatic carbocycles. The maximum atomic E-state index is 4.10. The van der Waals surface area contributed by atoms with Crippen LogP contribution in [0.25, 0.3) is 0 Å². The monoisotopic (exact) mass is 125 g/mol. The van der Waals surface area contributed by atoms with E-state index in [9.17, 15) is 0 Å². The van der Waals surface area contributed by atoms with Crippen LogP contribution in [0, 0.1) is 0 Å². The van der Waals surface area contributed by atoms with E-state index in [1.165, 1.54) is 0 Å². The lowest BCUT2D eigenvalue weighted by molar-refractivity contribution is 0.370. The molecule has 0 spiro atoms. The molecule has 0 amide bonds. The Balaban J connectivity index is 2.69. The minimum atomic E-state index is 0.921. The van der Waals surface area contributed by atoms with Crippen molar-refractivity contribution in [2.75, 3.05) is 7.05 Å². The van der Waals surface area contributed by atoms with Gasteiger partial charge in [0.25, 0.3) is 0 Å². The van der Waals surface area contributed by atoms with Gasteiger partial charge in [0.2, 0.25) is 0 Å². The first-order valence-corrected chi connectivity index (χ1v) is 3.00. The van der Waals surface area contributed by atoms with E-state index in [4.69, 9.17) is 0 Å². The summed E-state index contributed by atoms with van der Waals surface area (Å²) in [6, 6.07) is 0. The highest BCUT2D eigenvalue weighted by Gasteiger charge is 2.03. The van der Waals surface area contributed by atoms with Crippen LogP contribution in [0.5, 0.6) is 0 Å². The minimum absolute atomic E-state index is 0.921. The standard InChI is InChI=1S/C6H11N3/c1-5-4-6(2)8-9(3)7-5/h4H2,1-3H3. The summed E-state index contributed by atoms with van der Waals surface area (Å²) in [6.45, 7) is 4.02. The predicted octanol–water partition coefficient (Wildman–Crippen LogP) is 1.07. The lowest BCUT2D eigenvalue weighted by atomic mass is 10.2. The first kappa shape index (κ1) is 6.26. The van der Waals surface area contributed by atoms with Crippen LogP contribution in [0.1, 0.15) is 20.3 Å². The average Bonchev–Trinajstić information content (AvgIpc) is 1.59. The summed E-state index contributed by atoms with van der Waals surface area (Å²) in [4.78, 5) is 0. The molecule has 0 radical (unpaired) electrons. The highest BCUT2D eigenvalue weighted by atomic mass is 15.7. The van der Waals surface area contributed by atoms with Crippen molar-refractivity contribution in [3.63, 3.8) is 0 Å². The van der Waals surface area contributed by atoms with Gasteiger partial charge >= 0.3 is 0 Å². The fourth-order valence-electron chi connectivity index (χ4n) is 0.957. The van der Waals surface area contributed by atoms with Gasteiger partial charge < -0.3 is 0 Å². The summed E-state index contributed by atoms with van der Waals surface area (Å²) in [7, 11) is 1.84. The van der Waals surface area contributed by atoms with Crippen LogP contribution in [-0.2, 0) is 0 Å². The molecule has 1 aliphatic rings. The Morgan fingerprint density at radius 3 is 2.00 bits per heavy atom. The number of hydrogen-bond acceptors (Lipinski definition) is 3. The van der Waals surface area contributed by atoms with Gasteiger partial charge in [-0.3, -0.25) is 0 Å². The van der Waals surface area contributed by atoms with Gasteiger partial charge in [0, 0.05) is 24.9 Å². The van der Waals surface area contributed by atoms with Crippen molar-refractivity contribution in [1.29, 1.82) is 0 Å². The summed E-state index contributed by atoms with van der Waals surface area (Å²) in [5, 5.41) is 9.80. The van der Waals surface area contributed by atoms with Crippen molar-refractivity contribution in [3.05, 3.63) is 0 Å². The zero-order chi connectivity index (χ0) is 6.85. The van der Waals surface area contributed by atoms with Crippen LogP contribution in [0.2, 0.25) is 0 Å². The Bertz CT molecular complexity index is 151. The average molecular weight is 125 g/mol. The van der Waals surface area contributed by atoms with E-state index in [0.717, 1.165) is 17.8 Å². The van der Waals surface area contributed by atoms with Crippen molar-refractivity contribution >= 4 is 11.4 Å². The van der Waals surface area contributed by atoms with Gasteiger partial charge in [-0.05, 0) is 13.8 Å². The fraction of sp³-hybridized carbons (Fsp3) is 0.667. The molecule has 0 atom stereocenters. The van der Waals surface area contributed by atoms with Crippen molar-refractivity contribution in [1.82, 2.24) is 5.12 Å². The van der Waals surface area contributed by atoms with Crippen LogP contribution in [-0.4, -0.2) is 23.6 Å². The van der Waals surface area contributed by atoms with Gasteiger partial charge in [0.05, 0.1) is 0 Å². The maximum absolute atomic E-state index is 4.10. The molecule has 0 fully saturated rings. The molecule has 0 aliphatic carbocycles. The molecule has 9 heavy (non-hydrogen) atoms. The third-order valence-electron chi connectivity index (χ3n) is 1.14. The Kier molecular flexibility index (Phi) is 1.51. The van der Waals surface area contributed by atoms with Crippen LogP contribution >= 0.6 is 0 Å². The molecule has 0 saturated carbocycles. The van der Waals surface area contributed by atoms with E-state index in [1.54, 1.807) is 5.12 Å². The van der Waals surface area contributed by atoms with Gasteiger partial charge in [0.15, 0.2) is 0 Å². The number of rotatable bonds is 0. The molecule has 0 aromatic rings. The van der Waals surface area contributed by atoms with Crippen LogP contribution < -0.4 is 0 Å². The highest BCUT2D eigenvalue weighted by Crippen LogP contribution is 2.01. The number of hydrazone groups is 2. The van der Waals surface area contributed by atoms with Gasteiger partial charge in [0.1, 0.15) is 0 Å². The molecule has 3 nitrogen and oxygen atoms in total. The molecule has 0 unspecified atom stereocenters. The molecule has 3 heteroatoms. The Morgan fingerprint density at radius 1 is 1.22 bits per heavy atom. The molecule has 0 bridgehead atoms. The van der Waals surface area contributed by atoms with Gasteiger partial charge in [-0.2, -0.15) is 15.3 Å². The Labute approximate surface area is 55.0 Å². The summed E-state index contributed by atoms with van der Waals surface area (Å²) in [5.74, 6) is 0. The smallest absolute Gasteiger partial charge is 0.0495 e. The van der Waals surface area contributed by atoms with Gasteiger partial charge in [-0.15, -0.1) is 0 Å². The summed E-state index contributed by atoms with van der Waals surface area (Å²) < 4.78 is 0.